The molecule has 0 aliphatic heterocycles. The van der Waals surface area contributed by atoms with Crippen molar-refractivity contribution in [3.8, 4) is 5.75 Å². The van der Waals surface area contributed by atoms with Gasteiger partial charge in [0.1, 0.15) is 0 Å². The Kier molecular flexibility index (Phi) is 5.35. The van der Waals surface area contributed by atoms with Gasteiger partial charge in [-0.05, 0) is 42.2 Å². The first-order valence-corrected chi connectivity index (χ1v) is 10.0. The number of halogens is 2. The van der Waals surface area contributed by atoms with Crippen molar-refractivity contribution >= 4 is 31.5 Å². The van der Waals surface area contributed by atoms with Gasteiger partial charge in [0, 0.05) is 6.61 Å². The summed E-state index contributed by atoms with van der Waals surface area (Å²) in [5.41, 5.74) is 0.978. The molecule has 0 aromatic heterocycles. The summed E-state index contributed by atoms with van der Waals surface area (Å²) in [4.78, 5) is 0. The SMILES string of the molecule is CC(C)(C)[Si](C)(C)OCCc1cc(Cl)c(O)c(Cl)c1. The molecular weight excluding hydrogens is 299 g/mol. The van der Waals surface area contributed by atoms with Crippen molar-refractivity contribution in [2.75, 3.05) is 6.61 Å². The van der Waals surface area contributed by atoms with Crippen molar-refractivity contribution in [1.29, 1.82) is 0 Å². The second-order valence-electron chi connectivity index (χ2n) is 6.27. The van der Waals surface area contributed by atoms with E-state index in [0.717, 1.165) is 12.0 Å². The fourth-order valence-corrected chi connectivity index (χ4v) is 2.98. The molecule has 2 nitrogen and oxygen atoms in total. The number of hydrogen-bond acceptors (Lipinski definition) is 2. The third-order valence-corrected chi connectivity index (χ3v) is 8.85. The topological polar surface area (TPSA) is 29.5 Å². The molecule has 0 heterocycles. The van der Waals surface area contributed by atoms with Crippen LogP contribution in [0.4, 0.5) is 0 Å². The second-order valence-corrected chi connectivity index (χ2v) is 11.9. The van der Waals surface area contributed by atoms with E-state index in [-0.39, 0.29) is 20.8 Å². The van der Waals surface area contributed by atoms with Gasteiger partial charge in [-0.25, -0.2) is 0 Å². The maximum Gasteiger partial charge on any atom is 0.191 e. The molecule has 0 unspecified atom stereocenters. The van der Waals surface area contributed by atoms with Crippen molar-refractivity contribution in [1.82, 2.24) is 0 Å². The lowest BCUT2D eigenvalue weighted by Crippen LogP contribution is -2.41. The second kappa shape index (κ2) is 6.04. The first-order chi connectivity index (χ1) is 8.54. The van der Waals surface area contributed by atoms with E-state index in [1.54, 1.807) is 12.1 Å². The van der Waals surface area contributed by atoms with E-state index in [4.69, 9.17) is 27.6 Å². The molecule has 19 heavy (non-hydrogen) atoms. The zero-order chi connectivity index (χ0) is 14.8. The lowest BCUT2D eigenvalue weighted by molar-refractivity contribution is 0.292. The molecule has 0 atom stereocenters. The molecule has 1 rings (SSSR count). The first kappa shape index (κ1) is 16.8. The molecule has 0 fully saturated rings. The average Bonchev–Trinajstić information content (AvgIpc) is 2.24. The van der Waals surface area contributed by atoms with E-state index in [1.165, 1.54) is 0 Å². The van der Waals surface area contributed by atoms with Crippen LogP contribution in [0, 0.1) is 0 Å². The molecule has 0 amide bonds. The fourth-order valence-electron chi connectivity index (χ4n) is 1.40. The van der Waals surface area contributed by atoms with Gasteiger partial charge in [0.15, 0.2) is 14.1 Å². The number of rotatable bonds is 4. The van der Waals surface area contributed by atoms with Crippen molar-refractivity contribution in [2.45, 2.75) is 45.3 Å². The summed E-state index contributed by atoms with van der Waals surface area (Å²) < 4.78 is 6.10. The van der Waals surface area contributed by atoms with Crippen LogP contribution < -0.4 is 0 Å². The van der Waals surface area contributed by atoms with Crippen LogP contribution >= 0.6 is 23.2 Å². The van der Waals surface area contributed by atoms with E-state index in [9.17, 15) is 5.11 Å². The van der Waals surface area contributed by atoms with Crippen LogP contribution in [0.2, 0.25) is 28.2 Å². The van der Waals surface area contributed by atoms with Crippen LogP contribution in [0.25, 0.3) is 0 Å². The Morgan fingerprint density at radius 3 is 2.05 bits per heavy atom. The maximum absolute atomic E-state index is 9.50. The van der Waals surface area contributed by atoms with Crippen molar-refractivity contribution in [3.63, 3.8) is 0 Å². The summed E-state index contributed by atoms with van der Waals surface area (Å²) in [6, 6.07) is 3.47. The first-order valence-electron chi connectivity index (χ1n) is 6.35. The zero-order valence-electron chi connectivity index (χ0n) is 12.2. The Morgan fingerprint density at radius 1 is 1.16 bits per heavy atom. The normalized spacial score (nSPS) is 12.8. The van der Waals surface area contributed by atoms with Crippen molar-refractivity contribution in [2.24, 2.45) is 0 Å². The Bertz CT molecular complexity index is 430. The molecule has 1 N–H and O–H groups in total. The van der Waals surface area contributed by atoms with Gasteiger partial charge in [0.25, 0.3) is 0 Å². The summed E-state index contributed by atoms with van der Waals surface area (Å²) in [5.74, 6) is -0.0580. The van der Waals surface area contributed by atoms with Gasteiger partial charge in [0.05, 0.1) is 10.0 Å². The molecular formula is C14H22Cl2O2Si. The summed E-state index contributed by atoms with van der Waals surface area (Å²) >= 11 is 11.8. The van der Waals surface area contributed by atoms with Crippen LogP contribution in [0.3, 0.4) is 0 Å². The molecule has 5 heteroatoms. The molecule has 0 aliphatic carbocycles. The molecule has 0 saturated heterocycles. The van der Waals surface area contributed by atoms with Crippen LogP contribution in [0.5, 0.6) is 5.75 Å². The van der Waals surface area contributed by atoms with Crippen LogP contribution in [0.1, 0.15) is 26.3 Å². The predicted octanol–water partition coefficient (Wildman–Crippen LogP) is 5.26. The van der Waals surface area contributed by atoms with E-state index < -0.39 is 8.32 Å². The molecule has 0 bridgehead atoms. The Balaban J connectivity index is 2.64. The van der Waals surface area contributed by atoms with E-state index in [1.807, 2.05) is 0 Å². The molecule has 0 aliphatic rings. The monoisotopic (exact) mass is 320 g/mol. The zero-order valence-corrected chi connectivity index (χ0v) is 14.7. The van der Waals surface area contributed by atoms with Gasteiger partial charge in [0.2, 0.25) is 0 Å². The Morgan fingerprint density at radius 2 is 1.63 bits per heavy atom. The van der Waals surface area contributed by atoms with E-state index in [2.05, 4.69) is 33.9 Å². The fraction of sp³-hybridized carbons (Fsp3) is 0.571. The number of hydrogen-bond donors (Lipinski definition) is 1. The van der Waals surface area contributed by atoms with Gasteiger partial charge in [-0.1, -0.05) is 44.0 Å². The van der Waals surface area contributed by atoms with Crippen molar-refractivity contribution in [3.05, 3.63) is 27.7 Å². The number of phenolic OH excluding ortho intramolecular Hbond substituents is 1. The quantitative estimate of drug-likeness (QED) is 0.766. The summed E-state index contributed by atoms with van der Waals surface area (Å²) in [7, 11) is -1.71. The highest BCUT2D eigenvalue weighted by Gasteiger charge is 2.36. The highest BCUT2D eigenvalue weighted by Crippen LogP contribution is 2.37. The Labute approximate surface area is 126 Å². The maximum atomic E-state index is 9.50. The van der Waals surface area contributed by atoms with Crippen LogP contribution in [0.15, 0.2) is 12.1 Å². The third-order valence-electron chi connectivity index (χ3n) is 3.74. The van der Waals surface area contributed by atoms with E-state index >= 15 is 0 Å². The van der Waals surface area contributed by atoms with Gasteiger partial charge in [-0.15, -0.1) is 0 Å². The summed E-state index contributed by atoms with van der Waals surface area (Å²) in [6.45, 7) is 11.7. The minimum absolute atomic E-state index is 0.0580. The third kappa shape index (κ3) is 4.38. The molecule has 0 radical (unpaired) electrons. The molecule has 1 aromatic carbocycles. The van der Waals surface area contributed by atoms with E-state index in [0.29, 0.717) is 6.61 Å². The minimum atomic E-state index is -1.71. The van der Waals surface area contributed by atoms with Gasteiger partial charge >= 0.3 is 0 Å². The Hall–Kier alpha value is -0.223. The lowest BCUT2D eigenvalue weighted by Gasteiger charge is -2.36. The van der Waals surface area contributed by atoms with Gasteiger partial charge in [-0.2, -0.15) is 0 Å². The number of benzene rings is 1. The largest absolute Gasteiger partial charge is 0.505 e. The van der Waals surface area contributed by atoms with Crippen molar-refractivity contribution < 1.29 is 9.53 Å². The van der Waals surface area contributed by atoms with Gasteiger partial charge < -0.3 is 9.53 Å². The predicted molar refractivity (Wildman–Crippen MR) is 85.0 cm³/mol. The van der Waals surface area contributed by atoms with Crippen LogP contribution in [-0.2, 0) is 10.8 Å². The molecule has 0 saturated carbocycles. The summed E-state index contributed by atoms with van der Waals surface area (Å²) in [6.07, 6.45) is 0.742. The average molecular weight is 321 g/mol. The number of phenols is 1. The highest BCUT2D eigenvalue weighted by molar-refractivity contribution is 6.74. The lowest BCUT2D eigenvalue weighted by atomic mass is 10.1. The molecule has 0 spiro atoms. The smallest absolute Gasteiger partial charge is 0.191 e. The molecule has 1 aromatic rings. The van der Waals surface area contributed by atoms with Gasteiger partial charge in [-0.3, -0.25) is 0 Å². The van der Waals surface area contributed by atoms with Crippen LogP contribution in [-0.4, -0.2) is 20.0 Å². The standard InChI is InChI=1S/C14H22Cl2O2Si/c1-14(2,3)19(4,5)18-7-6-10-8-11(15)13(17)12(16)9-10/h8-9,17H,6-7H2,1-5H3. The summed E-state index contributed by atoms with van der Waals surface area (Å²) in [5, 5.41) is 10.3. The number of aromatic hydroxyl groups is 1. The molecule has 108 valence electrons. The minimum Gasteiger partial charge on any atom is -0.505 e. The highest BCUT2D eigenvalue weighted by atomic mass is 35.5.